The first kappa shape index (κ1) is 22.8. The summed E-state index contributed by atoms with van der Waals surface area (Å²) in [5, 5.41) is 9.67. The Bertz CT molecular complexity index is 1340. The molecule has 2 aromatic heterocycles. The highest BCUT2D eigenvalue weighted by Crippen LogP contribution is 2.38. The molecular weight excluding hydrogens is 464 g/mol. The van der Waals surface area contributed by atoms with Gasteiger partial charge in [0.05, 0.1) is 18.7 Å². The molecule has 1 spiro atoms. The maximum Gasteiger partial charge on any atom is 0.258 e. The molecular formula is C26H23ClN6O2. The van der Waals surface area contributed by atoms with Crippen LogP contribution in [-0.4, -0.2) is 51.9 Å². The molecule has 2 aliphatic heterocycles. The number of amides is 2. The van der Waals surface area contributed by atoms with Crippen molar-refractivity contribution in [3.8, 4) is 6.07 Å². The van der Waals surface area contributed by atoms with Gasteiger partial charge in [-0.3, -0.25) is 14.5 Å². The fourth-order valence-corrected chi connectivity index (χ4v) is 4.89. The van der Waals surface area contributed by atoms with Crippen LogP contribution in [0.2, 0.25) is 5.02 Å². The highest BCUT2D eigenvalue weighted by Gasteiger charge is 2.60. The quantitative estimate of drug-likeness (QED) is 0.562. The van der Waals surface area contributed by atoms with Crippen molar-refractivity contribution in [3.05, 3.63) is 82.1 Å². The van der Waals surface area contributed by atoms with Crippen LogP contribution >= 0.6 is 11.6 Å². The van der Waals surface area contributed by atoms with Crippen molar-refractivity contribution in [1.82, 2.24) is 14.9 Å². The van der Waals surface area contributed by atoms with E-state index in [9.17, 15) is 9.59 Å². The summed E-state index contributed by atoms with van der Waals surface area (Å²) in [4.78, 5) is 41.5. The van der Waals surface area contributed by atoms with E-state index in [1.165, 1.54) is 11.1 Å². The maximum atomic E-state index is 14.0. The summed E-state index contributed by atoms with van der Waals surface area (Å²) in [6.45, 7) is 4.66. The first-order chi connectivity index (χ1) is 16.8. The molecule has 2 amide bonds. The van der Waals surface area contributed by atoms with Crippen LogP contribution in [-0.2, 0) is 16.1 Å². The molecule has 0 aliphatic carbocycles. The van der Waals surface area contributed by atoms with Crippen LogP contribution in [0.1, 0.15) is 22.3 Å². The van der Waals surface area contributed by atoms with E-state index in [0.717, 1.165) is 16.7 Å². The lowest BCUT2D eigenvalue weighted by Crippen LogP contribution is -2.81. The Kier molecular flexibility index (Phi) is 5.65. The van der Waals surface area contributed by atoms with Crippen molar-refractivity contribution in [2.24, 2.45) is 0 Å². The Hall–Kier alpha value is -3.96. The van der Waals surface area contributed by atoms with Crippen molar-refractivity contribution in [2.45, 2.75) is 25.9 Å². The van der Waals surface area contributed by atoms with Crippen molar-refractivity contribution in [1.29, 1.82) is 5.26 Å². The normalized spacial score (nSPS) is 16.9. The summed E-state index contributed by atoms with van der Waals surface area (Å²) in [5.74, 6) is 0.863. The summed E-state index contributed by atoms with van der Waals surface area (Å²) in [6, 6.07) is 14.8. The smallest absolute Gasteiger partial charge is 0.258 e. The number of carbonyl (C=O) groups is 2. The van der Waals surface area contributed by atoms with Crippen molar-refractivity contribution >= 4 is 35.1 Å². The predicted octanol–water partition coefficient (Wildman–Crippen LogP) is 3.25. The van der Waals surface area contributed by atoms with E-state index in [1.54, 1.807) is 35.4 Å². The fourth-order valence-electron chi connectivity index (χ4n) is 4.76. The van der Waals surface area contributed by atoms with Crippen LogP contribution in [0.4, 0.5) is 11.6 Å². The van der Waals surface area contributed by atoms with E-state index in [4.69, 9.17) is 16.9 Å². The van der Waals surface area contributed by atoms with Gasteiger partial charge in [-0.2, -0.15) is 5.26 Å². The lowest BCUT2D eigenvalue weighted by molar-refractivity contribution is -0.153. The summed E-state index contributed by atoms with van der Waals surface area (Å²) in [7, 11) is 0. The predicted molar refractivity (Wildman–Crippen MR) is 132 cm³/mol. The van der Waals surface area contributed by atoms with Gasteiger partial charge >= 0.3 is 0 Å². The minimum absolute atomic E-state index is 0.0693. The standard InChI is InChI=1S/C26H23ClN6O2/c1-17-9-18(2)24(30-11-17)32-14-23(34)33(13-19-3-6-21(27)7-4-19)26(25(32)35)15-31(16-26)22-8-5-20(10-28)12-29-22/h3-9,11-12H,13-16H2,1-2H3. The number of hydrogen-bond acceptors (Lipinski definition) is 6. The molecule has 5 rings (SSSR count). The topological polar surface area (TPSA) is 93.4 Å². The SMILES string of the molecule is Cc1cnc(N2CC(=O)N(Cc3ccc(Cl)cc3)C3(CN(c4ccc(C#N)cn4)C3)C2=O)c(C)c1. The number of aryl methyl sites for hydroxylation is 2. The minimum atomic E-state index is -1.05. The van der Waals surface area contributed by atoms with Crippen LogP contribution in [0.15, 0.2) is 54.9 Å². The molecule has 0 N–H and O–H groups in total. The lowest BCUT2D eigenvalue weighted by Gasteiger charge is -2.58. The van der Waals surface area contributed by atoms with Crippen LogP contribution in [0.25, 0.3) is 0 Å². The zero-order chi connectivity index (χ0) is 24.7. The van der Waals surface area contributed by atoms with Gasteiger partial charge in [-0.05, 0) is 54.8 Å². The molecule has 1 aromatic carbocycles. The lowest BCUT2D eigenvalue weighted by atomic mass is 9.83. The van der Waals surface area contributed by atoms with Gasteiger partial charge in [0.25, 0.3) is 5.91 Å². The number of benzene rings is 1. The highest BCUT2D eigenvalue weighted by atomic mass is 35.5. The van der Waals surface area contributed by atoms with Crippen molar-refractivity contribution < 1.29 is 9.59 Å². The zero-order valence-corrected chi connectivity index (χ0v) is 20.2. The number of nitrogens with zero attached hydrogens (tertiary/aromatic N) is 6. The molecule has 0 saturated carbocycles. The third-order valence-corrected chi connectivity index (χ3v) is 6.81. The van der Waals surface area contributed by atoms with Gasteiger partial charge < -0.3 is 9.80 Å². The number of carbonyl (C=O) groups excluding carboxylic acids is 2. The van der Waals surface area contributed by atoms with Crippen molar-refractivity contribution in [3.63, 3.8) is 0 Å². The molecule has 35 heavy (non-hydrogen) atoms. The van der Waals surface area contributed by atoms with Gasteiger partial charge in [0.2, 0.25) is 5.91 Å². The fraction of sp³-hybridized carbons (Fsp3) is 0.269. The average molecular weight is 487 g/mol. The van der Waals surface area contributed by atoms with E-state index in [1.807, 2.05) is 36.9 Å². The molecule has 2 aliphatic rings. The Morgan fingerprint density at radius 3 is 2.43 bits per heavy atom. The number of rotatable bonds is 4. The summed E-state index contributed by atoms with van der Waals surface area (Å²) in [6.07, 6.45) is 3.21. The Morgan fingerprint density at radius 1 is 1.06 bits per heavy atom. The van der Waals surface area contributed by atoms with E-state index < -0.39 is 5.54 Å². The second kappa shape index (κ2) is 8.67. The molecule has 2 saturated heterocycles. The van der Waals surface area contributed by atoms with Gasteiger partial charge in [-0.25, -0.2) is 9.97 Å². The van der Waals surface area contributed by atoms with E-state index in [0.29, 0.717) is 41.9 Å². The van der Waals surface area contributed by atoms with E-state index in [2.05, 4.69) is 16.0 Å². The number of hydrogen-bond donors (Lipinski definition) is 0. The molecule has 3 aromatic rings. The van der Waals surface area contributed by atoms with E-state index in [-0.39, 0.29) is 18.4 Å². The second-order valence-electron chi connectivity index (χ2n) is 9.06. The number of piperazine rings is 1. The summed E-state index contributed by atoms with van der Waals surface area (Å²) < 4.78 is 0. The number of aromatic nitrogens is 2. The maximum absolute atomic E-state index is 14.0. The van der Waals surface area contributed by atoms with Crippen molar-refractivity contribution in [2.75, 3.05) is 29.4 Å². The van der Waals surface area contributed by atoms with Crippen LogP contribution in [0.3, 0.4) is 0 Å². The monoisotopic (exact) mass is 486 g/mol. The van der Waals surface area contributed by atoms with Crippen LogP contribution in [0, 0.1) is 25.2 Å². The van der Waals surface area contributed by atoms with Crippen LogP contribution in [0.5, 0.6) is 0 Å². The number of pyridine rings is 2. The van der Waals surface area contributed by atoms with Gasteiger partial charge in [-0.15, -0.1) is 0 Å². The number of halogens is 1. The first-order valence-electron chi connectivity index (χ1n) is 11.2. The minimum Gasteiger partial charge on any atom is -0.351 e. The molecule has 4 heterocycles. The molecule has 2 fully saturated rings. The molecule has 8 nitrogen and oxygen atoms in total. The number of anilines is 2. The van der Waals surface area contributed by atoms with Gasteiger partial charge in [-0.1, -0.05) is 29.8 Å². The Morgan fingerprint density at radius 2 is 1.80 bits per heavy atom. The Balaban J connectivity index is 1.49. The highest BCUT2D eigenvalue weighted by molar-refractivity contribution is 6.30. The summed E-state index contributed by atoms with van der Waals surface area (Å²) >= 11 is 6.04. The number of nitriles is 1. The third-order valence-electron chi connectivity index (χ3n) is 6.56. The van der Waals surface area contributed by atoms with Gasteiger partial charge in [0.1, 0.15) is 24.2 Å². The Labute approximate surface area is 208 Å². The molecule has 176 valence electrons. The molecule has 0 unspecified atom stereocenters. The van der Waals surface area contributed by atoms with Crippen LogP contribution < -0.4 is 9.80 Å². The zero-order valence-electron chi connectivity index (χ0n) is 19.4. The van der Waals surface area contributed by atoms with E-state index >= 15 is 0 Å². The summed E-state index contributed by atoms with van der Waals surface area (Å²) in [5.41, 5.74) is 2.14. The molecule has 9 heteroatoms. The first-order valence-corrected chi connectivity index (χ1v) is 11.6. The molecule has 0 radical (unpaired) electrons. The van der Waals surface area contributed by atoms with Gasteiger partial charge in [0, 0.05) is 24.0 Å². The second-order valence-corrected chi connectivity index (χ2v) is 9.49. The average Bonchev–Trinajstić information content (AvgIpc) is 2.82. The van der Waals surface area contributed by atoms with Gasteiger partial charge in [0.15, 0.2) is 5.54 Å². The largest absolute Gasteiger partial charge is 0.351 e. The third kappa shape index (κ3) is 3.98. The molecule has 0 bridgehead atoms. The molecule has 0 atom stereocenters.